The second-order valence-electron chi connectivity index (χ2n) is 5.91. The molecule has 1 aromatic rings. The number of carbonyl (C=O) groups excluding carboxylic acids is 2. The van der Waals surface area contributed by atoms with E-state index in [1.165, 1.54) is 4.90 Å². The van der Waals surface area contributed by atoms with Crippen molar-refractivity contribution in [1.82, 2.24) is 5.32 Å². The van der Waals surface area contributed by atoms with Crippen molar-refractivity contribution in [1.29, 1.82) is 0 Å². The van der Waals surface area contributed by atoms with Gasteiger partial charge in [-0.25, -0.2) is 9.69 Å². The Morgan fingerprint density at radius 1 is 1.19 bits per heavy atom. The van der Waals surface area contributed by atoms with Crippen molar-refractivity contribution in [3.63, 3.8) is 0 Å². The number of nitrogens with zero attached hydrogens (tertiary/aromatic N) is 1. The lowest BCUT2D eigenvalue weighted by atomic mass is 9.91. The minimum atomic E-state index is -0.330. The minimum absolute atomic E-state index is 0.00956. The molecule has 1 saturated heterocycles. The summed E-state index contributed by atoms with van der Waals surface area (Å²) in [6.45, 7) is 1.89. The summed E-state index contributed by atoms with van der Waals surface area (Å²) in [6.07, 6.45) is 4.99. The van der Waals surface area contributed by atoms with Gasteiger partial charge in [-0.3, -0.25) is 4.79 Å². The molecule has 2 atom stereocenters. The average molecular weight is 307 g/mol. The molecule has 0 radical (unpaired) electrons. The van der Waals surface area contributed by atoms with Crippen LogP contribution in [0.15, 0.2) is 18.2 Å². The number of carbonyl (C=O) groups is 2. The van der Waals surface area contributed by atoms with E-state index < -0.39 is 0 Å². The Bertz CT molecular complexity index is 588. The molecule has 3 rings (SSSR count). The van der Waals surface area contributed by atoms with Crippen LogP contribution in [0.3, 0.4) is 0 Å². The van der Waals surface area contributed by atoms with E-state index >= 15 is 0 Å². The first-order valence-corrected chi connectivity index (χ1v) is 7.86. The summed E-state index contributed by atoms with van der Waals surface area (Å²) in [5.74, 6) is -0.198. The number of fused-ring (bicyclic) bond motifs is 1. The molecule has 0 bridgehead atoms. The number of imide groups is 1. The SMILES string of the molecule is Cc1ccc(N2C(=O)NC3CCCCCC3C2=O)cc1Cl. The number of aryl methyl sites for hydroxylation is 1. The Labute approximate surface area is 129 Å². The van der Waals surface area contributed by atoms with Crippen molar-refractivity contribution in [2.45, 2.75) is 45.1 Å². The Kier molecular flexibility index (Phi) is 3.89. The molecule has 21 heavy (non-hydrogen) atoms. The van der Waals surface area contributed by atoms with Gasteiger partial charge in [0.2, 0.25) is 5.91 Å². The highest BCUT2D eigenvalue weighted by atomic mass is 35.5. The van der Waals surface area contributed by atoms with Gasteiger partial charge in [-0.05, 0) is 37.5 Å². The summed E-state index contributed by atoms with van der Waals surface area (Å²) in [5, 5.41) is 3.56. The molecule has 1 heterocycles. The number of anilines is 1. The summed E-state index contributed by atoms with van der Waals surface area (Å²) in [7, 11) is 0. The van der Waals surface area contributed by atoms with Crippen molar-refractivity contribution in [2.24, 2.45) is 5.92 Å². The lowest BCUT2D eigenvalue weighted by molar-refractivity contribution is -0.123. The molecule has 1 aliphatic heterocycles. The van der Waals surface area contributed by atoms with Gasteiger partial charge in [0.25, 0.3) is 0 Å². The zero-order valence-corrected chi connectivity index (χ0v) is 12.8. The molecule has 5 heteroatoms. The van der Waals surface area contributed by atoms with Gasteiger partial charge in [-0.15, -0.1) is 0 Å². The summed E-state index contributed by atoms with van der Waals surface area (Å²) < 4.78 is 0. The third kappa shape index (κ3) is 2.64. The predicted octanol–water partition coefficient (Wildman–Crippen LogP) is 3.65. The number of nitrogens with one attached hydrogen (secondary N) is 1. The van der Waals surface area contributed by atoms with Crippen molar-refractivity contribution in [2.75, 3.05) is 4.90 Å². The third-order valence-electron chi connectivity index (χ3n) is 4.48. The number of halogens is 1. The maximum absolute atomic E-state index is 12.7. The fraction of sp³-hybridized carbons (Fsp3) is 0.500. The number of rotatable bonds is 1. The van der Waals surface area contributed by atoms with Gasteiger partial charge in [0, 0.05) is 11.1 Å². The second kappa shape index (κ2) is 5.68. The van der Waals surface area contributed by atoms with Gasteiger partial charge in [-0.2, -0.15) is 0 Å². The Morgan fingerprint density at radius 3 is 2.71 bits per heavy atom. The maximum atomic E-state index is 12.7. The predicted molar refractivity (Wildman–Crippen MR) is 82.6 cm³/mol. The zero-order valence-electron chi connectivity index (χ0n) is 12.1. The summed E-state index contributed by atoms with van der Waals surface area (Å²) >= 11 is 6.12. The number of urea groups is 1. The lowest BCUT2D eigenvalue weighted by Gasteiger charge is -2.36. The van der Waals surface area contributed by atoms with Crippen molar-refractivity contribution in [3.8, 4) is 0 Å². The van der Waals surface area contributed by atoms with Crippen LogP contribution in [0.25, 0.3) is 0 Å². The maximum Gasteiger partial charge on any atom is 0.328 e. The molecule has 1 N–H and O–H groups in total. The van der Waals surface area contributed by atoms with Gasteiger partial charge in [0.05, 0.1) is 11.6 Å². The van der Waals surface area contributed by atoms with Crippen LogP contribution >= 0.6 is 11.6 Å². The van der Waals surface area contributed by atoms with Crippen molar-refractivity contribution >= 4 is 29.2 Å². The molecule has 1 saturated carbocycles. The molecule has 2 fully saturated rings. The highest BCUT2D eigenvalue weighted by molar-refractivity contribution is 6.32. The topological polar surface area (TPSA) is 49.4 Å². The smallest absolute Gasteiger partial charge is 0.328 e. The van der Waals surface area contributed by atoms with E-state index in [0.717, 1.165) is 37.7 Å². The quantitative estimate of drug-likeness (QED) is 0.861. The second-order valence-corrected chi connectivity index (χ2v) is 6.31. The molecular weight excluding hydrogens is 288 g/mol. The van der Waals surface area contributed by atoms with Gasteiger partial charge in [0.1, 0.15) is 0 Å². The Morgan fingerprint density at radius 2 is 1.95 bits per heavy atom. The molecule has 112 valence electrons. The first-order chi connectivity index (χ1) is 10.1. The number of hydrogen-bond donors (Lipinski definition) is 1. The van der Waals surface area contributed by atoms with Crippen LogP contribution < -0.4 is 10.2 Å². The summed E-state index contributed by atoms with van der Waals surface area (Å²) in [4.78, 5) is 26.3. The van der Waals surface area contributed by atoms with E-state index in [2.05, 4.69) is 5.32 Å². The fourth-order valence-corrected chi connectivity index (χ4v) is 3.41. The molecule has 0 aromatic heterocycles. The molecule has 3 amide bonds. The molecule has 4 nitrogen and oxygen atoms in total. The highest BCUT2D eigenvalue weighted by Crippen LogP contribution is 2.32. The van der Waals surface area contributed by atoms with Gasteiger partial charge >= 0.3 is 6.03 Å². The molecule has 1 aliphatic carbocycles. The summed E-state index contributed by atoms with van der Waals surface area (Å²) in [6, 6.07) is 4.95. The third-order valence-corrected chi connectivity index (χ3v) is 4.89. The summed E-state index contributed by atoms with van der Waals surface area (Å²) in [5.41, 5.74) is 1.48. The Balaban J connectivity index is 1.92. The monoisotopic (exact) mass is 306 g/mol. The van der Waals surface area contributed by atoms with Crippen LogP contribution in [0.5, 0.6) is 0 Å². The lowest BCUT2D eigenvalue weighted by Crippen LogP contribution is -2.60. The van der Waals surface area contributed by atoms with Gasteiger partial charge in [-0.1, -0.05) is 36.9 Å². The van der Waals surface area contributed by atoms with Gasteiger partial charge in [0.15, 0.2) is 0 Å². The van der Waals surface area contributed by atoms with Crippen molar-refractivity contribution < 1.29 is 9.59 Å². The first kappa shape index (κ1) is 14.4. The van der Waals surface area contributed by atoms with E-state index in [0.29, 0.717) is 10.7 Å². The molecule has 2 unspecified atom stereocenters. The molecule has 0 spiro atoms. The molecule has 2 aliphatic rings. The first-order valence-electron chi connectivity index (χ1n) is 7.48. The van der Waals surface area contributed by atoms with Crippen LogP contribution in [0.1, 0.15) is 37.7 Å². The molecular formula is C16H19ClN2O2. The number of hydrogen-bond acceptors (Lipinski definition) is 2. The fourth-order valence-electron chi connectivity index (χ4n) is 3.23. The van der Waals surface area contributed by atoms with E-state index in [1.54, 1.807) is 12.1 Å². The Hall–Kier alpha value is -1.55. The molecule has 1 aromatic carbocycles. The number of benzene rings is 1. The van der Waals surface area contributed by atoms with E-state index in [9.17, 15) is 9.59 Å². The van der Waals surface area contributed by atoms with E-state index in [-0.39, 0.29) is 23.9 Å². The van der Waals surface area contributed by atoms with Crippen LogP contribution in [-0.2, 0) is 4.79 Å². The average Bonchev–Trinajstić information content (AvgIpc) is 2.68. The van der Waals surface area contributed by atoms with Crippen LogP contribution in [0, 0.1) is 12.8 Å². The van der Waals surface area contributed by atoms with Crippen LogP contribution in [0.2, 0.25) is 5.02 Å². The standard InChI is InChI=1S/C16H19ClN2O2/c1-10-7-8-11(9-13(10)17)19-15(20)12-5-3-2-4-6-14(12)18-16(19)21/h7-9,12,14H,2-6H2,1H3,(H,18,21). The van der Waals surface area contributed by atoms with Crippen molar-refractivity contribution in [3.05, 3.63) is 28.8 Å². The zero-order chi connectivity index (χ0) is 15.0. The minimum Gasteiger partial charge on any atom is -0.334 e. The van der Waals surface area contributed by atoms with E-state index in [4.69, 9.17) is 11.6 Å². The van der Waals surface area contributed by atoms with Crippen LogP contribution in [0.4, 0.5) is 10.5 Å². The van der Waals surface area contributed by atoms with Crippen LogP contribution in [-0.4, -0.2) is 18.0 Å². The largest absolute Gasteiger partial charge is 0.334 e. The number of amides is 3. The van der Waals surface area contributed by atoms with Gasteiger partial charge < -0.3 is 5.32 Å². The van der Waals surface area contributed by atoms with E-state index in [1.807, 2.05) is 13.0 Å². The highest BCUT2D eigenvalue weighted by Gasteiger charge is 2.41. The normalized spacial score (nSPS) is 26.1.